The molecule has 1 fully saturated rings. The first-order valence-electron chi connectivity index (χ1n) is 7.82. The number of benzene rings is 1. The van der Waals surface area contributed by atoms with Crippen LogP contribution in [0, 0.1) is 0 Å². The van der Waals surface area contributed by atoms with Gasteiger partial charge in [0.1, 0.15) is 0 Å². The summed E-state index contributed by atoms with van der Waals surface area (Å²) in [5.74, 6) is 0.109. The summed E-state index contributed by atoms with van der Waals surface area (Å²) in [6.07, 6.45) is 3.81. The predicted molar refractivity (Wildman–Crippen MR) is 86.0 cm³/mol. The highest BCUT2D eigenvalue weighted by molar-refractivity contribution is 5.81. The van der Waals surface area contributed by atoms with Crippen LogP contribution >= 0.6 is 0 Å². The number of amides is 1. The summed E-state index contributed by atoms with van der Waals surface area (Å²) in [5.41, 5.74) is 7.35. The molecule has 21 heavy (non-hydrogen) atoms. The number of rotatable bonds is 5. The van der Waals surface area contributed by atoms with Gasteiger partial charge in [0.25, 0.3) is 0 Å². The zero-order valence-corrected chi connectivity index (χ0v) is 13.2. The van der Waals surface area contributed by atoms with Gasteiger partial charge in [0.15, 0.2) is 0 Å². The van der Waals surface area contributed by atoms with E-state index in [4.69, 9.17) is 5.73 Å². The second-order valence-electron chi connectivity index (χ2n) is 6.17. The molecular formula is C17H27N3O. The van der Waals surface area contributed by atoms with Gasteiger partial charge in [0.2, 0.25) is 5.91 Å². The molecule has 0 spiro atoms. The van der Waals surface area contributed by atoms with E-state index in [0.717, 1.165) is 32.4 Å². The largest absolute Gasteiger partial charge is 0.340 e. The lowest BCUT2D eigenvalue weighted by atomic mass is 10.0. The molecule has 1 unspecified atom stereocenters. The minimum absolute atomic E-state index is 0.109. The van der Waals surface area contributed by atoms with Gasteiger partial charge in [-0.3, -0.25) is 4.79 Å². The lowest BCUT2D eigenvalue weighted by molar-refractivity contribution is -0.134. The first-order chi connectivity index (χ1) is 10.1. The fourth-order valence-electron chi connectivity index (χ4n) is 2.90. The normalized spacial score (nSPS) is 20.6. The first-order valence-corrected chi connectivity index (χ1v) is 7.82. The summed E-state index contributed by atoms with van der Waals surface area (Å²) in [5, 5.41) is 0. The maximum Gasteiger partial charge on any atom is 0.239 e. The van der Waals surface area contributed by atoms with E-state index in [1.165, 1.54) is 5.56 Å². The van der Waals surface area contributed by atoms with Crippen molar-refractivity contribution in [2.75, 3.05) is 27.2 Å². The van der Waals surface area contributed by atoms with Crippen LogP contribution in [0.25, 0.3) is 0 Å². The molecule has 1 saturated heterocycles. The van der Waals surface area contributed by atoms with Gasteiger partial charge in [-0.25, -0.2) is 0 Å². The van der Waals surface area contributed by atoms with Crippen LogP contribution in [0.1, 0.15) is 24.8 Å². The fraction of sp³-hybridized carbons (Fsp3) is 0.588. The van der Waals surface area contributed by atoms with Crippen LogP contribution in [0.2, 0.25) is 0 Å². The molecule has 1 heterocycles. The highest BCUT2D eigenvalue weighted by Crippen LogP contribution is 2.15. The molecule has 1 aromatic rings. The van der Waals surface area contributed by atoms with E-state index in [9.17, 15) is 4.79 Å². The van der Waals surface area contributed by atoms with Crippen LogP contribution in [0.3, 0.4) is 0 Å². The quantitative estimate of drug-likeness (QED) is 0.893. The molecule has 2 rings (SSSR count). The minimum Gasteiger partial charge on any atom is -0.340 e. The minimum atomic E-state index is -0.383. The molecule has 4 heteroatoms. The summed E-state index contributed by atoms with van der Waals surface area (Å²) in [6, 6.07) is 10.3. The Labute approximate surface area is 127 Å². The average Bonchev–Trinajstić information content (AvgIpc) is 2.53. The van der Waals surface area contributed by atoms with Crippen molar-refractivity contribution in [3.8, 4) is 0 Å². The monoisotopic (exact) mass is 289 g/mol. The summed E-state index contributed by atoms with van der Waals surface area (Å²) < 4.78 is 0. The van der Waals surface area contributed by atoms with Crippen molar-refractivity contribution in [2.24, 2.45) is 5.73 Å². The Morgan fingerprint density at radius 3 is 2.76 bits per heavy atom. The van der Waals surface area contributed by atoms with Crippen molar-refractivity contribution in [1.82, 2.24) is 9.80 Å². The lowest BCUT2D eigenvalue weighted by Crippen LogP contribution is -2.52. The first kappa shape index (κ1) is 16.0. The highest BCUT2D eigenvalue weighted by Gasteiger charge is 2.27. The Bertz CT molecular complexity index is 447. The number of hydrogen-bond donors (Lipinski definition) is 1. The van der Waals surface area contributed by atoms with Crippen LogP contribution < -0.4 is 5.73 Å². The fourth-order valence-corrected chi connectivity index (χ4v) is 2.90. The van der Waals surface area contributed by atoms with E-state index < -0.39 is 0 Å². The van der Waals surface area contributed by atoms with Crippen LogP contribution in [0.15, 0.2) is 30.3 Å². The molecular weight excluding hydrogens is 262 g/mol. The van der Waals surface area contributed by atoms with Gasteiger partial charge in [0.05, 0.1) is 6.04 Å². The molecule has 1 amide bonds. The number of piperidine rings is 1. The number of likely N-dealkylation sites (tertiary alicyclic amines) is 1. The number of nitrogens with zero attached hydrogens (tertiary/aromatic N) is 2. The molecule has 0 radical (unpaired) electrons. The predicted octanol–water partition coefficient (Wildman–Crippen LogP) is 1.50. The van der Waals surface area contributed by atoms with E-state index in [0.29, 0.717) is 12.5 Å². The molecule has 0 saturated carbocycles. The van der Waals surface area contributed by atoms with Crippen molar-refractivity contribution in [1.29, 1.82) is 0 Å². The van der Waals surface area contributed by atoms with Gasteiger partial charge in [-0.05, 0) is 45.3 Å². The van der Waals surface area contributed by atoms with E-state index in [1.807, 2.05) is 23.1 Å². The molecule has 1 aliphatic rings. The maximum absolute atomic E-state index is 12.5. The van der Waals surface area contributed by atoms with Crippen molar-refractivity contribution in [2.45, 2.75) is 37.8 Å². The summed E-state index contributed by atoms with van der Waals surface area (Å²) in [6.45, 7) is 1.66. The summed E-state index contributed by atoms with van der Waals surface area (Å²) in [7, 11) is 4.15. The molecule has 116 valence electrons. The molecule has 1 aliphatic heterocycles. The van der Waals surface area contributed by atoms with Gasteiger partial charge in [-0.15, -0.1) is 0 Å². The smallest absolute Gasteiger partial charge is 0.239 e. The molecule has 0 bridgehead atoms. The molecule has 2 N–H and O–H groups in total. The van der Waals surface area contributed by atoms with Gasteiger partial charge in [-0.1, -0.05) is 30.3 Å². The van der Waals surface area contributed by atoms with Gasteiger partial charge >= 0.3 is 0 Å². The number of aryl methyl sites for hydroxylation is 1. The Morgan fingerprint density at radius 2 is 2.10 bits per heavy atom. The standard InChI is InChI=1S/C17H27N3O/c1-19(2)15-9-6-12-20(13-15)17(21)16(18)11-10-14-7-4-3-5-8-14/h3-5,7-8,15-16H,6,9-13,18H2,1-2H3/t15?,16-/m0/s1. The molecule has 4 nitrogen and oxygen atoms in total. The van der Waals surface area contributed by atoms with Gasteiger partial charge < -0.3 is 15.5 Å². The second-order valence-corrected chi connectivity index (χ2v) is 6.17. The Morgan fingerprint density at radius 1 is 1.38 bits per heavy atom. The number of carbonyl (C=O) groups is 1. The van der Waals surface area contributed by atoms with Crippen molar-refractivity contribution < 1.29 is 4.79 Å². The summed E-state index contributed by atoms with van der Waals surface area (Å²) >= 11 is 0. The van der Waals surface area contributed by atoms with E-state index in [1.54, 1.807) is 0 Å². The third kappa shape index (κ3) is 4.55. The Hall–Kier alpha value is -1.39. The van der Waals surface area contributed by atoms with E-state index in [-0.39, 0.29) is 11.9 Å². The number of hydrogen-bond acceptors (Lipinski definition) is 3. The van der Waals surface area contributed by atoms with Crippen LogP contribution in [0.5, 0.6) is 0 Å². The van der Waals surface area contributed by atoms with Crippen LogP contribution in [-0.2, 0) is 11.2 Å². The topological polar surface area (TPSA) is 49.6 Å². The SMILES string of the molecule is CN(C)C1CCCN(C(=O)[C@@H](N)CCc2ccccc2)C1. The highest BCUT2D eigenvalue weighted by atomic mass is 16.2. The van der Waals surface area contributed by atoms with Crippen LogP contribution in [0.4, 0.5) is 0 Å². The van der Waals surface area contributed by atoms with Crippen molar-refractivity contribution in [3.05, 3.63) is 35.9 Å². The number of likely N-dealkylation sites (N-methyl/N-ethyl adjacent to an activating group) is 1. The number of nitrogens with two attached hydrogens (primary N) is 1. The second kappa shape index (κ2) is 7.57. The maximum atomic E-state index is 12.5. The lowest BCUT2D eigenvalue weighted by Gasteiger charge is -2.37. The van der Waals surface area contributed by atoms with Gasteiger partial charge in [-0.2, -0.15) is 0 Å². The van der Waals surface area contributed by atoms with Crippen molar-refractivity contribution in [3.63, 3.8) is 0 Å². The average molecular weight is 289 g/mol. The van der Waals surface area contributed by atoms with Crippen molar-refractivity contribution >= 4 is 5.91 Å². The third-order valence-electron chi connectivity index (χ3n) is 4.34. The Balaban J connectivity index is 1.84. The zero-order chi connectivity index (χ0) is 15.2. The molecule has 0 aromatic heterocycles. The zero-order valence-electron chi connectivity index (χ0n) is 13.2. The summed E-state index contributed by atoms with van der Waals surface area (Å²) in [4.78, 5) is 16.6. The van der Waals surface area contributed by atoms with E-state index >= 15 is 0 Å². The van der Waals surface area contributed by atoms with E-state index in [2.05, 4.69) is 31.1 Å². The molecule has 0 aliphatic carbocycles. The number of carbonyl (C=O) groups excluding carboxylic acids is 1. The molecule has 2 atom stereocenters. The molecule has 1 aromatic carbocycles. The Kier molecular flexibility index (Phi) is 5.76. The van der Waals surface area contributed by atoms with Gasteiger partial charge in [0, 0.05) is 19.1 Å². The van der Waals surface area contributed by atoms with Crippen LogP contribution in [-0.4, -0.2) is 55.0 Å². The third-order valence-corrected chi connectivity index (χ3v) is 4.34.